The smallest absolute Gasteiger partial charge is 0.0867 e. The van der Waals surface area contributed by atoms with Gasteiger partial charge in [-0.15, -0.1) is 0 Å². The van der Waals surface area contributed by atoms with E-state index in [2.05, 4.69) is 54.6 Å². The lowest BCUT2D eigenvalue weighted by atomic mass is 9.93. The van der Waals surface area contributed by atoms with Crippen molar-refractivity contribution in [3.63, 3.8) is 0 Å². The van der Waals surface area contributed by atoms with Gasteiger partial charge in [0.15, 0.2) is 0 Å². The largest absolute Gasteiger partial charge is 0.310 e. The van der Waals surface area contributed by atoms with E-state index in [1.807, 2.05) is 18.2 Å². The van der Waals surface area contributed by atoms with Gasteiger partial charge in [-0.2, -0.15) is 0 Å². The van der Waals surface area contributed by atoms with Crippen LogP contribution in [0.2, 0.25) is 0 Å². The summed E-state index contributed by atoms with van der Waals surface area (Å²) in [5.41, 5.74) is 15.9. The summed E-state index contributed by atoms with van der Waals surface area (Å²) in [5.74, 6) is 0. The summed E-state index contributed by atoms with van der Waals surface area (Å²) >= 11 is 0. The molecule has 0 aliphatic heterocycles. The number of hydrogen-bond acceptors (Lipinski definition) is 2. The Morgan fingerprint density at radius 3 is 1.95 bits per heavy atom. The van der Waals surface area contributed by atoms with E-state index in [9.17, 15) is 0 Å². The molecule has 0 spiro atoms. The highest BCUT2D eigenvalue weighted by atomic mass is 14.9. The minimum atomic E-state index is -0.701. The molecule has 0 amide bonds. The first-order valence-corrected chi connectivity index (χ1v) is 6.77. The third-order valence-electron chi connectivity index (χ3n) is 3.57. The first-order valence-electron chi connectivity index (χ1n) is 6.77. The fourth-order valence-electron chi connectivity index (χ4n) is 2.37. The number of allylic oxidation sites excluding steroid dienone is 2. The van der Waals surface area contributed by atoms with Gasteiger partial charge < -0.3 is 11.5 Å². The maximum Gasteiger partial charge on any atom is 0.0867 e. The van der Waals surface area contributed by atoms with Crippen LogP contribution >= 0.6 is 0 Å². The monoisotopic (exact) mass is 262 g/mol. The Morgan fingerprint density at radius 2 is 1.35 bits per heavy atom. The molecule has 2 aromatic carbocycles. The fourth-order valence-corrected chi connectivity index (χ4v) is 2.37. The van der Waals surface area contributed by atoms with Crippen LogP contribution in [0, 0.1) is 0 Å². The minimum absolute atomic E-state index is 0.666. The molecule has 0 saturated carbocycles. The van der Waals surface area contributed by atoms with Crippen molar-refractivity contribution in [1.82, 2.24) is 0 Å². The van der Waals surface area contributed by atoms with Gasteiger partial charge in [0.05, 0.1) is 5.66 Å². The van der Waals surface area contributed by atoms with Gasteiger partial charge in [-0.1, -0.05) is 66.7 Å². The summed E-state index contributed by atoms with van der Waals surface area (Å²) in [4.78, 5) is 0. The lowest BCUT2D eigenvalue weighted by Crippen LogP contribution is -2.47. The zero-order chi connectivity index (χ0) is 14.0. The van der Waals surface area contributed by atoms with Gasteiger partial charge >= 0.3 is 0 Å². The van der Waals surface area contributed by atoms with E-state index in [-0.39, 0.29) is 0 Å². The topological polar surface area (TPSA) is 52.0 Å². The maximum atomic E-state index is 5.86. The fraction of sp³-hybridized carbons (Fsp3) is 0.111. The van der Waals surface area contributed by atoms with Crippen LogP contribution in [0.3, 0.4) is 0 Å². The zero-order valence-corrected chi connectivity index (χ0v) is 11.3. The van der Waals surface area contributed by atoms with Gasteiger partial charge in [0.1, 0.15) is 0 Å². The van der Waals surface area contributed by atoms with Crippen LogP contribution in [0.25, 0.3) is 16.7 Å². The van der Waals surface area contributed by atoms with E-state index in [0.29, 0.717) is 6.42 Å². The summed E-state index contributed by atoms with van der Waals surface area (Å²) in [5, 5.41) is 0. The van der Waals surface area contributed by atoms with Gasteiger partial charge in [-0.3, -0.25) is 0 Å². The van der Waals surface area contributed by atoms with Crippen molar-refractivity contribution in [3.05, 3.63) is 78.4 Å². The Bertz CT molecular complexity index is 650. The van der Waals surface area contributed by atoms with E-state index in [0.717, 1.165) is 0 Å². The summed E-state index contributed by atoms with van der Waals surface area (Å²) in [6.07, 6.45) is 6.63. The van der Waals surface area contributed by atoms with Gasteiger partial charge in [0.2, 0.25) is 0 Å². The van der Waals surface area contributed by atoms with Crippen molar-refractivity contribution >= 4 is 5.57 Å². The Balaban J connectivity index is 1.85. The minimum Gasteiger partial charge on any atom is -0.310 e. The third kappa shape index (κ3) is 2.72. The molecular formula is C18H18N2. The number of nitrogens with two attached hydrogens (primary N) is 2. The molecule has 0 unspecified atom stereocenters. The van der Waals surface area contributed by atoms with Gasteiger partial charge in [0, 0.05) is 6.42 Å². The second-order valence-corrected chi connectivity index (χ2v) is 5.25. The standard InChI is InChI=1S/C18H18N2/c19-18(20)12-10-17(11-13-18)16-8-6-15(7-9-16)14-4-2-1-3-5-14/h1-12H,13,19-20H2. The van der Waals surface area contributed by atoms with Crippen molar-refractivity contribution in [3.8, 4) is 11.1 Å². The molecule has 100 valence electrons. The second kappa shape index (κ2) is 5.08. The first kappa shape index (κ1) is 12.9. The maximum absolute atomic E-state index is 5.86. The van der Waals surface area contributed by atoms with Crippen LogP contribution in [0.5, 0.6) is 0 Å². The van der Waals surface area contributed by atoms with Crippen LogP contribution in [0.15, 0.2) is 72.8 Å². The molecule has 0 heterocycles. The van der Waals surface area contributed by atoms with Crippen LogP contribution in [-0.2, 0) is 0 Å². The molecule has 0 aromatic heterocycles. The van der Waals surface area contributed by atoms with Crippen molar-refractivity contribution in [1.29, 1.82) is 0 Å². The predicted octanol–water partition coefficient (Wildman–Crippen LogP) is 3.31. The van der Waals surface area contributed by atoms with Gasteiger partial charge in [-0.05, 0) is 28.3 Å². The lowest BCUT2D eigenvalue weighted by molar-refractivity contribution is 0.559. The molecule has 2 aromatic rings. The van der Waals surface area contributed by atoms with E-state index >= 15 is 0 Å². The molecule has 2 nitrogen and oxygen atoms in total. The van der Waals surface area contributed by atoms with Crippen LogP contribution in [0.1, 0.15) is 12.0 Å². The van der Waals surface area contributed by atoms with E-state index in [1.54, 1.807) is 0 Å². The van der Waals surface area contributed by atoms with Gasteiger partial charge in [0.25, 0.3) is 0 Å². The summed E-state index contributed by atoms with van der Waals surface area (Å²) in [6, 6.07) is 18.9. The number of hydrogen-bond donors (Lipinski definition) is 2. The quantitative estimate of drug-likeness (QED) is 0.816. The average molecular weight is 262 g/mol. The van der Waals surface area contributed by atoms with Crippen molar-refractivity contribution in [2.75, 3.05) is 0 Å². The van der Waals surface area contributed by atoms with Crippen LogP contribution < -0.4 is 11.5 Å². The summed E-state index contributed by atoms with van der Waals surface area (Å²) in [6.45, 7) is 0. The first-order chi connectivity index (χ1) is 9.64. The Labute approximate surface area is 119 Å². The van der Waals surface area contributed by atoms with Crippen LogP contribution in [-0.4, -0.2) is 5.66 Å². The molecule has 4 N–H and O–H groups in total. The molecule has 3 rings (SSSR count). The predicted molar refractivity (Wildman–Crippen MR) is 84.7 cm³/mol. The Kier molecular flexibility index (Phi) is 3.26. The number of rotatable bonds is 2. The van der Waals surface area contributed by atoms with E-state index in [1.165, 1.54) is 22.3 Å². The molecule has 0 radical (unpaired) electrons. The Morgan fingerprint density at radius 1 is 0.750 bits per heavy atom. The molecule has 0 bridgehead atoms. The molecule has 0 fully saturated rings. The average Bonchev–Trinajstić information content (AvgIpc) is 2.48. The highest BCUT2D eigenvalue weighted by molar-refractivity contribution is 5.77. The summed E-state index contributed by atoms with van der Waals surface area (Å²) in [7, 11) is 0. The molecular weight excluding hydrogens is 244 g/mol. The lowest BCUT2D eigenvalue weighted by Gasteiger charge is -2.22. The SMILES string of the molecule is NC1(N)C=CC(c2ccc(-c3ccccc3)cc2)=CC1. The zero-order valence-electron chi connectivity index (χ0n) is 11.3. The highest BCUT2D eigenvalue weighted by Gasteiger charge is 2.17. The Hall–Kier alpha value is -2.16. The number of benzene rings is 2. The molecule has 20 heavy (non-hydrogen) atoms. The van der Waals surface area contributed by atoms with Crippen molar-refractivity contribution < 1.29 is 0 Å². The van der Waals surface area contributed by atoms with Crippen molar-refractivity contribution in [2.45, 2.75) is 12.1 Å². The normalized spacial score (nSPS) is 16.8. The molecule has 1 aliphatic carbocycles. The van der Waals surface area contributed by atoms with E-state index < -0.39 is 5.66 Å². The highest BCUT2D eigenvalue weighted by Crippen LogP contribution is 2.26. The second-order valence-electron chi connectivity index (χ2n) is 5.25. The summed E-state index contributed by atoms with van der Waals surface area (Å²) < 4.78 is 0. The molecule has 0 saturated heterocycles. The van der Waals surface area contributed by atoms with Crippen molar-refractivity contribution in [2.24, 2.45) is 11.5 Å². The third-order valence-corrected chi connectivity index (χ3v) is 3.57. The molecule has 2 heteroatoms. The van der Waals surface area contributed by atoms with Gasteiger partial charge in [-0.25, -0.2) is 0 Å². The molecule has 0 atom stereocenters. The molecule has 1 aliphatic rings. The van der Waals surface area contributed by atoms with E-state index in [4.69, 9.17) is 11.5 Å². The van der Waals surface area contributed by atoms with Crippen LogP contribution in [0.4, 0.5) is 0 Å².